The molecule has 0 spiro atoms. The fraction of sp³-hybridized carbons (Fsp3) is 0.458. The molecule has 2 saturated heterocycles. The normalized spacial score (nSPS) is 18.0. The number of carbonyl (C=O) groups is 1. The van der Waals surface area contributed by atoms with Gasteiger partial charge in [-0.3, -0.25) is 4.79 Å². The molecule has 0 bridgehead atoms. The van der Waals surface area contributed by atoms with E-state index < -0.39 is 10.0 Å². The van der Waals surface area contributed by atoms with Gasteiger partial charge >= 0.3 is 0 Å². The molecule has 2 aromatic rings. The second kappa shape index (κ2) is 9.40. The highest BCUT2D eigenvalue weighted by molar-refractivity contribution is 7.89. The van der Waals surface area contributed by atoms with Gasteiger partial charge in [-0.15, -0.1) is 0 Å². The van der Waals surface area contributed by atoms with Crippen LogP contribution >= 0.6 is 0 Å². The van der Waals surface area contributed by atoms with E-state index in [1.807, 2.05) is 36.4 Å². The quantitative estimate of drug-likeness (QED) is 0.700. The van der Waals surface area contributed by atoms with Gasteiger partial charge in [0.1, 0.15) is 4.90 Å². The van der Waals surface area contributed by atoms with Gasteiger partial charge in [0, 0.05) is 44.5 Å². The maximum Gasteiger partial charge on any atom is 0.258 e. The van der Waals surface area contributed by atoms with Gasteiger partial charge in [0.2, 0.25) is 10.0 Å². The summed E-state index contributed by atoms with van der Waals surface area (Å²) in [6.45, 7) is 2.78. The lowest BCUT2D eigenvalue weighted by Crippen LogP contribution is -2.38. The zero-order valence-electron chi connectivity index (χ0n) is 18.2. The first-order valence-corrected chi connectivity index (χ1v) is 12.6. The Labute approximate surface area is 185 Å². The van der Waals surface area contributed by atoms with Crippen LogP contribution < -0.4 is 9.80 Å². The minimum Gasteiger partial charge on any atom is -0.370 e. The maximum atomic E-state index is 13.6. The summed E-state index contributed by atoms with van der Waals surface area (Å²) in [7, 11) is -1.95. The number of amides is 1. The fourth-order valence-corrected chi connectivity index (χ4v) is 6.21. The third kappa shape index (κ3) is 4.62. The number of hydrogen-bond donors (Lipinski definition) is 0. The Bertz CT molecular complexity index is 1010. The second-order valence-corrected chi connectivity index (χ2v) is 10.3. The Balaban J connectivity index is 1.73. The van der Waals surface area contributed by atoms with Crippen LogP contribution in [0, 0.1) is 0 Å². The number of rotatable bonds is 5. The maximum absolute atomic E-state index is 13.6. The van der Waals surface area contributed by atoms with Gasteiger partial charge in [-0.25, -0.2) is 8.42 Å². The third-order valence-corrected chi connectivity index (χ3v) is 8.21. The van der Waals surface area contributed by atoms with E-state index in [9.17, 15) is 13.2 Å². The predicted molar refractivity (Wildman–Crippen MR) is 124 cm³/mol. The van der Waals surface area contributed by atoms with E-state index in [4.69, 9.17) is 0 Å². The summed E-state index contributed by atoms with van der Waals surface area (Å²) in [5.74, 6) is -0.216. The number of nitrogens with zero attached hydrogens (tertiary/aromatic N) is 3. The van der Waals surface area contributed by atoms with Crippen LogP contribution in [-0.4, -0.2) is 51.9 Å². The van der Waals surface area contributed by atoms with Crippen molar-refractivity contribution in [3.63, 3.8) is 0 Å². The summed E-state index contributed by atoms with van der Waals surface area (Å²) in [6.07, 6.45) is 6.11. The van der Waals surface area contributed by atoms with Gasteiger partial charge in [0.15, 0.2) is 0 Å². The molecular weight excluding hydrogens is 410 g/mol. The van der Waals surface area contributed by atoms with Crippen molar-refractivity contribution in [2.75, 3.05) is 43.0 Å². The van der Waals surface area contributed by atoms with E-state index in [0.29, 0.717) is 18.7 Å². The summed E-state index contributed by atoms with van der Waals surface area (Å²) in [5, 5.41) is 0. The molecule has 1 amide bonds. The zero-order valence-corrected chi connectivity index (χ0v) is 19.0. The number of sulfonamides is 1. The van der Waals surface area contributed by atoms with Crippen molar-refractivity contribution >= 4 is 27.3 Å². The molecule has 0 atom stereocenters. The number of piperidine rings is 2. The first kappa shape index (κ1) is 21.8. The molecule has 0 aliphatic carbocycles. The van der Waals surface area contributed by atoms with Crippen molar-refractivity contribution in [2.24, 2.45) is 0 Å². The average Bonchev–Trinajstić information content (AvgIpc) is 2.84. The molecule has 2 aliphatic heterocycles. The number of carbonyl (C=O) groups excluding carboxylic acids is 1. The van der Waals surface area contributed by atoms with Crippen molar-refractivity contribution in [2.45, 2.75) is 43.4 Å². The van der Waals surface area contributed by atoms with E-state index in [-0.39, 0.29) is 10.8 Å². The van der Waals surface area contributed by atoms with Crippen molar-refractivity contribution < 1.29 is 13.2 Å². The largest absolute Gasteiger partial charge is 0.370 e. The molecule has 31 heavy (non-hydrogen) atoms. The van der Waals surface area contributed by atoms with E-state index >= 15 is 0 Å². The molecule has 4 rings (SSSR count). The molecule has 166 valence electrons. The molecule has 0 saturated carbocycles. The van der Waals surface area contributed by atoms with Crippen LogP contribution in [0.4, 0.5) is 11.4 Å². The zero-order chi connectivity index (χ0) is 21.8. The van der Waals surface area contributed by atoms with Gasteiger partial charge in [0.25, 0.3) is 5.91 Å². The van der Waals surface area contributed by atoms with E-state index in [1.54, 1.807) is 28.4 Å². The van der Waals surface area contributed by atoms with E-state index in [1.165, 1.54) is 6.42 Å². The number of benzene rings is 2. The van der Waals surface area contributed by atoms with Crippen LogP contribution in [0.25, 0.3) is 0 Å². The topological polar surface area (TPSA) is 60.9 Å². The van der Waals surface area contributed by atoms with Gasteiger partial charge < -0.3 is 9.80 Å². The van der Waals surface area contributed by atoms with Gasteiger partial charge in [-0.1, -0.05) is 24.6 Å². The highest BCUT2D eigenvalue weighted by atomic mass is 32.2. The van der Waals surface area contributed by atoms with Crippen molar-refractivity contribution in [1.82, 2.24) is 4.31 Å². The highest BCUT2D eigenvalue weighted by Gasteiger charge is 2.31. The van der Waals surface area contributed by atoms with Crippen LogP contribution in [0.5, 0.6) is 0 Å². The number of para-hydroxylation sites is 1. The molecule has 7 heteroatoms. The molecular formula is C24H31N3O3S. The summed E-state index contributed by atoms with van der Waals surface area (Å²) < 4.78 is 28.9. The third-order valence-electron chi connectivity index (χ3n) is 6.28. The van der Waals surface area contributed by atoms with Crippen molar-refractivity contribution in [3.8, 4) is 0 Å². The lowest BCUT2D eigenvalue weighted by atomic mass is 10.1. The van der Waals surface area contributed by atoms with Gasteiger partial charge in [-0.2, -0.15) is 4.31 Å². The molecule has 6 nitrogen and oxygen atoms in total. The molecule has 2 heterocycles. The van der Waals surface area contributed by atoms with E-state index in [0.717, 1.165) is 56.6 Å². The Kier molecular flexibility index (Phi) is 6.62. The van der Waals surface area contributed by atoms with Gasteiger partial charge in [-0.05, 0) is 62.4 Å². The van der Waals surface area contributed by atoms with Crippen LogP contribution in [0.1, 0.15) is 48.9 Å². The van der Waals surface area contributed by atoms with Crippen LogP contribution in [0.3, 0.4) is 0 Å². The summed E-state index contributed by atoms with van der Waals surface area (Å²) in [4.78, 5) is 17.2. The second-order valence-electron chi connectivity index (χ2n) is 8.39. The Hall–Kier alpha value is -2.38. The molecule has 0 N–H and O–H groups in total. The molecule has 0 aromatic heterocycles. The monoisotopic (exact) mass is 441 g/mol. The molecule has 2 aliphatic rings. The van der Waals surface area contributed by atoms with Crippen molar-refractivity contribution in [3.05, 3.63) is 54.1 Å². The lowest BCUT2D eigenvalue weighted by Gasteiger charge is -2.33. The Morgan fingerprint density at radius 1 is 0.839 bits per heavy atom. The van der Waals surface area contributed by atoms with Crippen LogP contribution in [-0.2, 0) is 10.0 Å². The van der Waals surface area contributed by atoms with Crippen LogP contribution in [0.15, 0.2) is 53.4 Å². The molecule has 0 unspecified atom stereocenters. The predicted octanol–water partition coefficient (Wildman–Crippen LogP) is 4.13. The highest BCUT2D eigenvalue weighted by Crippen LogP contribution is 2.33. The standard InChI is InChI=1S/C24H31N3O3S/c1-25(21-11-5-2-6-12-21)24(28)20-13-14-22(26-15-7-3-8-16-26)23(19-20)31(29,30)27-17-9-4-10-18-27/h2,5-6,11-14,19H,3-4,7-10,15-18H2,1H3. The Morgan fingerprint density at radius 2 is 1.45 bits per heavy atom. The Morgan fingerprint density at radius 3 is 2.10 bits per heavy atom. The lowest BCUT2D eigenvalue weighted by molar-refractivity contribution is 0.0993. The molecule has 2 aromatic carbocycles. The smallest absolute Gasteiger partial charge is 0.258 e. The summed E-state index contributed by atoms with van der Waals surface area (Å²) in [6, 6.07) is 14.6. The van der Waals surface area contributed by atoms with E-state index in [2.05, 4.69) is 4.90 Å². The first-order valence-electron chi connectivity index (χ1n) is 11.2. The van der Waals surface area contributed by atoms with Crippen molar-refractivity contribution in [1.29, 1.82) is 0 Å². The fourth-order valence-electron chi connectivity index (χ4n) is 4.46. The minimum atomic E-state index is -3.67. The summed E-state index contributed by atoms with van der Waals surface area (Å²) in [5.41, 5.74) is 1.89. The minimum absolute atomic E-state index is 0.216. The number of anilines is 2. The van der Waals surface area contributed by atoms with Gasteiger partial charge in [0.05, 0.1) is 5.69 Å². The first-order chi connectivity index (χ1) is 15.0. The number of hydrogen-bond acceptors (Lipinski definition) is 4. The van der Waals surface area contributed by atoms with Crippen LogP contribution in [0.2, 0.25) is 0 Å². The average molecular weight is 442 g/mol. The summed E-state index contributed by atoms with van der Waals surface area (Å²) >= 11 is 0. The molecule has 2 fully saturated rings. The molecule has 0 radical (unpaired) electrons. The SMILES string of the molecule is CN(C(=O)c1ccc(N2CCCCC2)c(S(=O)(=O)N2CCCCC2)c1)c1ccccc1.